The number of halogens is 1. The minimum atomic E-state index is -1.04. The lowest BCUT2D eigenvalue weighted by Gasteiger charge is -2.22. The average molecular weight is 638 g/mol. The maximum absolute atomic E-state index is 13.9. The number of aromatic nitrogens is 2. The maximum atomic E-state index is 13.9. The van der Waals surface area contributed by atoms with Crippen LogP contribution in [-0.2, 0) is 21.9 Å². The van der Waals surface area contributed by atoms with Crippen molar-refractivity contribution in [1.29, 1.82) is 0 Å². The zero-order valence-electron chi connectivity index (χ0n) is 24.4. The molecule has 0 bridgehead atoms. The number of thioether (sulfide) groups is 1. The molecule has 45 heavy (non-hydrogen) atoms. The quantitative estimate of drug-likeness (QED) is 0.0580. The van der Waals surface area contributed by atoms with Crippen molar-refractivity contribution < 1.29 is 23.8 Å². The third-order valence-electron chi connectivity index (χ3n) is 7.50. The lowest BCUT2D eigenvalue weighted by Crippen LogP contribution is -2.29. The number of amides is 1. The average Bonchev–Trinajstić information content (AvgIpc) is 3.62. The molecule has 1 amide bonds. The molecule has 1 aliphatic rings. The third kappa shape index (κ3) is 6.52. The lowest BCUT2D eigenvalue weighted by molar-refractivity contribution is -0.132. The van der Waals surface area contributed by atoms with Crippen molar-refractivity contribution in [3.05, 3.63) is 142 Å². The Labute approximate surface area is 268 Å². The predicted octanol–water partition coefficient (Wildman–Crippen LogP) is 7.79. The molecule has 1 unspecified atom stereocenters. The fraction of sp³-hybridized carbons (Fsp3) is 0.143. The number of rotatable bonds is 9. The van der Waals surface area contributed by atoms with Gasteiger partial charge in [-0.2, -0.15) is 0 Å². The van der Waals surface area contributed by atoms with E-state index in [9.17, 15) is 19.1 Å². The summed E-state index contributed by atoms with van der Waals surface area (Å²) in [5.74, 6) is -1.31. The normalized spacial score (nSPS) is 15.9. The van der Waals surface area contributed by atoms with Gasteiger partial charge in [0.05, 0.1) is 11.6 Å². The minimum Gasteiger partial charge on any atom is -0.507 e. The Kier molecular flexibility index (Phi) is 8.77. The molecule has 0 radical (unpaired) electrons. The van der Waals surface area contributed by atoms with E-state index in [2.05, 4.69) is 10.2 Å². The molecule has 5 aromatic rings. The first-order chi connectivity index (χ1) is 21.8. The number of aliphatic hydroxyl groups is 1. The van der Waals surface area contributed by atoms with Crippen molar-refractivity contribution in [2.75, 3.05) is 4.90 Å². The van der Waals surface area contributed by atoms with Crippen LogP contribution in [0.2, 0.25) is 0 Å². The van der Waals surface area contributed by atoms with Crippen LogP contribution in [0.3, 0.4) is 0 Å². The topological polar surface area (TPSA) is 92.6 Å². The number of hydrogen-bond acceptors (Lipinski definition) is 8. The zero-order chi connectivity index (χ0) is 31.5. The smallest absolute Gasteiger partial charge is 0.301 e. The van der Waals surface area contributed by atoms with Gasteiger partial charge in [0.25, 0.3) is 5.78 Å². The molecular formula is C35H28FN3O4S2. The predicted molar refractivity (Wildman–Crippen MR) is 174 cm³/mol. The third-order valence-corrected chi connectivity index (χ3v) is 9.63. The summed E-state index contributed by atoms with van der Waals surface area (Å²) in [6.07, 6.45) is 0. The molecule has 0 saturated carbocycles. The maximum Gasteiger partial charge on any atom is 0.301 e. The molecule has 1 saturated heterocycles. The molecule has 1 aliphatic heterocycles. The van der Waals surface area contributed by atoms with Crippen LogP contribution in [0.25, 0.3) is 5.76 Å². The highest BCUT2D eigenvalue weighted by molar-refractivity contribution is 8.00. The van der Waals surface area contributed by atoms with Crippen LogP contribution in [0.15, 0.2) is 107 Å². The fourth-order valence-corrected chi connectivity index (χ4v) is 6.80. The summed E-state index contributed by atoms with van der Waals surface area (Å²) in [6, 6.07) is 27.2. The molecule has 1 N–H and O–H groups in total. The van der Waals surface area contributed by atoms with Crippen LogP contribution in [0, 0.1) is 19.7 Å². The van der Waals surface area contributed by atoms with Gasteiger partial charge in [0.1, 0.15) is 23.9 Å². The van der Waals surface area contributed by atoms with E-state index in [1.54, 1.807) is 24.3 Å². The summed E-state index contributed by atoms with van der Waals surface area (Å²) in [5.41, 5.74) is 5.10. The molecule has 1 fully saturated rings. The molecule has 10 heteroatoms. The van der Waals surface area contributed by atoms with E-state index in [0.717, 1.165) is 16.7 Å². The van der Waals surface area contributed by atoms with Crippen LogP contribution in [0.1, 0.15) is 39.4 Å². The molecule has 6 rings (SSSR count). The van der Waals surface area contributed by atoms with Gasteiger partial charge in [0, 0.05) is 11.3 Å². The van der Waals surface area contributed by atoms with Gasteiger partial charge in [0.2, 0.25) is 5.13 Å². The van der Waals surface area contributed by atoms with Crippen LogP contribution in [0.4, 0.5) is 9.52 Å². The highest BCUT2D eigenvalue weighted by Crippen LogP contribution is 2.44. The second-order valence-electron chi connectivity index (χ2n) is 10.6. The van der Waals surface area contributed by atoms with Gasteiger partial charge < -0.3 is 9.84 Å². The molecule has 2 heterocycles. The summed E-state index contributed by atoms with van der Waals surface area (Å²) < 4.78 is 20.4. The van der Waals surface area contributed by atoms with Gasteiger partial charge in [-0.15, -0.1) is 10.2 Å². The zero-order valence-corrected chi connectivity index (χ0v) is 26.1. The van der Waals surface area contributed by atoms with E-state index in [1.807, 2.05) is 62.4 Å². The van der Waals surface area contributed by atoms with Crippen molar-refractivity contribution in [2.24, 2.45) is 0 Å². The summed E-state index contributed by atoms with van der Waals surface area (Å²) >= 11 is 2.64. The molecule has 226 valence electrons. The number of ether oxygens (including phenoxy) is 1. The van der Waals surface area contributed by atoms with Crippen molar-refractivity contribution in [3.8, 4) is 5.75 Å². The summed E-state index contributed by atoms with van der Waals surface area (Å²) in [5, 5.41) is 20.2. The first kappa shape index (κ1) is 30.2. The van der Waals surface area contributed by atoms with Crippen LogP contribution >= 0.6 is 23.1 Å². The number of Topliss-reactive ketones (excluding diaryl/α,β-unsaturated/α-hetero) is 1. The first-order valence-corrected chi connectivity index (χ1v) is 15.9. The largest absolute Gasteiger partial charge is 0.507 e. The number of benzene rings is 4. The molecule has 4 aromatic carbocycles. The molecule has 7 nitrogen and oxygen atoms in total. The molecule has 1 atom stereocenters. The second-order valence-corrected chi connectivity index (χ2v) is 12.8. The lowest BCUT2D eigenvalue weighted by atomic mass is 9.95. The molecule has 0 spiro atoms. The Morgan fingerprint density at radius 3 is 2.36 bits per heavy atom. The van der Waals surface area contributed by atoms with E-state index >= 15 is 0 Å². The van der Waals surface area contributed by atoms with E-state index < -0.39 is 23.5 Å². The molecule has 0 aliphatic carbocycles. The van der Waals surface area contributed by atoms with E-state index in [0.29, 0.717) is 33.6 Å². The van der Waals surface area contributed by atoms with Crippen LogP contribution in [0.5, 0.6) is 5.75 Å². The van der Waals surface area contributed by atoms with Gasteiger partial charge >= 0.3 is 5.91 Å². The number of hydrogen-bond donors (Lipinski definition) is 1. The summed E-state index contributed by atoms with van der Waals surface area (Å²) in [7, 11) is 0. The number of carbonyl (C=O) groups is 2. The van der Waals surface area contributed by atoms with Gasteiger partial charge in [-0.25, -0.2) is 4.39 Å². The standard InChI is InChI=1S/C35H28FN3O4S2/c1-21-7-9-23(10-8-21)20-44-35-38-37-34(45-35)39-30(24-11-15-27(36)16-12-24)29(32(41)33(39)42)31(40)25-13-17-28(18-14-25)43-19-26-6-4-3-5-22(26)2/h3-18,30,40H,19-20H2,1-2H3/b31-29+. The SMILES string of the molecule is Cc1ccc(CSc2nnc(N3C(=O)C(=O)/C(=C(/O)c4ccc(OCc5ccccc5C)cc4)C3c3ccc(F)cc3)s2)cc1. The Hall–Kier alpha value is -4.80. The van der Waals surface area contributed by atoms with Crippen molar-refractivity contribution in [1.82, 2.24) is 10.2 Å². The molecule has 1 aromatic heterocycles. The van der Waals surface area contributed by atoms with Crippen LogP contribution in [-0.4, -0.2) is 27.0 Å². The number of ketones is 1. The summed E-state index contributed by atoms with van der Waals surface area (Å²) in [4.78, 5) is 28.2. The second kappa shape index (κ2) is 13.1. The van der Waals surface area contributed by atoms with E-state index in [1.165, 1.54) is 57.8 Å². The Morgan fingerprint density at radius 1 is 0.933 bits per heavy atom. The number of aliphatic hydroxyl groups excluding tert-OH is 1. The number of carbonyl (C=O) groups excluding carboxylic acids is 2. The van der Waals surface area contributed by atoms with Gasteiger partial charge in [-0.05, 0) is 72.5 Å². The number of anilines is 1. The Morgan fingerprint density at radius 2 is 1.64 bits per heavy atom. The van der Waals surface area contributed by atoms with Gasteiger partial charge in [-0.3, -0.25) is 14.5 Å². The monoisotopic (exact) mass is 637 g/mol. The van der Waals surface area contributed by atoms with Gasteiger partial charge in [0.15, 0.2) is 4.34 Å². The van der Waals surface area contributed by atoms with Gasteiger partial charge in [-0.1, -0.05) is 89.3 Å². The van der Waals surface area contributed by atoms with Crippen molar-refractivity contribution >= 4 is 45.7 Å². The minimum absolute atomic E-state index is 0.121. The molecular weight excluding hydrogens is 610 g/mol. The highest BCUT2D eigenvalue weighted by Gasteiger charge is 2.48. The van der Waals surface area contributed by atoms with Crippen molar-refractivity contribution in [3.63, 3.8) is 0 Å². The van der Waals surface area contributed by atoms with Crippen LogP contribution < -0.4 is 9.64 Å². The van der Waals surface area contributed by atoms with Crippen molar-refractivity contribution in [2.45, 2.75) is 36.6 Å². The number of nitrogens with zero attached hydrogens (tertiary/aromatic N) is 3. The van der Waals surface area contributed by atoms with E-state index in [-0.39, 0.29) is 16.5 Å². The van der Waals surface area contributed by atoms with E-state index in [4.69, 9.17) is 4.74 Å². The highest BCUT2D eigenvalue weighted by atomic mass is 32.2. The fourth-order valence-electron chi connectivity index (χ4n) is 4.98. The first-order valence-electron chi connectivity index (χ1n) is 14.1. The summed E-state index contributed by atoms with van der Waals surface area (Å²) in [6.45, 7) is 4.41. The Bertz CT molecular complexity index is 1890. The Balaban J connectivity index is 1.29. The number of aryl methyl sites for hydroxylation is 2.